The van der Waals surface area contributed by atoms with E-state index in [0.717, 1.165) is 11.5 Å². The number of anilines is 2. The highest BCUT2D eigenvalue weighted by Crippen LogP contribution is 2.26. The number of hydrogen-bond acceptors (Lipinski definition) is 6. The zero-order chi connectivity index (χ0) is 23.5. The Balaban J connectivity index is 1.65. The van der Waals surface area contributed by atoms with Crippen LogP contribution in [0.1, 0.15) is 23.7 Å². The molecule has 0 bridgehead atoms. The highest BCUT2D eigenvalue weighted by Gasteiger charge is 2.17. The van der Waals surface area contributed by atoms with Crippen LogP contribution in [0.25, 0.3) is 11.3 Å². The molecule has 0 aliphatic heterocycles. The lowest BCUT2D eigenvalue weighted by Crippen LogP contribution is -2.25. The van der Waals surface area contributed by atoms with E-state index in [1.807, 2.05) is 20.0 Å². The maximum absolute atomic E-state index is 13.6. The lowest BCUT2D eigenvalue weighted by atomic mass is 10.0. The highest BCUT2D eigenvalue weighted by atomic mass is 35.5. The Morgan fingerprint density at radius 3 is 2.70 bits per heavy atom. The zero-order valence-electron chi connectivity index (χ0n) is 18.0. The Kier molecular flexibility index (Phi) is 6.52. The Hall–Kier alpha value is -3.56. The first-order valence-corrected chi connectivity index (χ1v) is 10.6. The number of aliphatic hydroxyl groups is 1. The molecule has 1 aromatic carbocycles. The summed E-state index contributed by atoms with van der Waals surface area (Å²) in [7, 11) is 1.82. The van der Waals surface area contributed by atoms with Crippen LogP contribution in [-0.2, 0) is 7.05 Å². The topological polar surface area (TPSA) is 97.9 Å². The van der Waals surface area contributed by atoms with Gasteiger partial charge in [0.1, 0.15) is 11.6 Å². The highest BCUT2D eigenvalue weighted by molar-refractivity contribution is 6.30. The SMILES string of the molecule is Cc1cc(Nc2nccc(-c3ccn([C@H](CCO)c4ccc(F)c(Cl)c4)c(=O)c3)n2)n(C)n1. The second-order valence-electron chi connectivity index (χ2n) is 7.55. The number of aliphatic hydroxyl groups excluding tert-OH is 1. The molecule has 4 aromatic rings. The molecule has 33 heavy (non-hydrogen) atoms. The predicted octanol–water partition coefficient (Wildman–Crippen LogP) is 3.86. The summed E-state index contributed by atoms with van der Waals surface area (Å²) in [5.74, 6) is 0.573. The third-order valence-corrected chi connectivity index (χ3v) is 5.50. The minimum atomic E-state index is -0.541. The molecule has 1 atom stereocenters. The van der Waals surface area contributed by atoms with Crippen molar-refractivity contribution in [2.45, 2.75) is 19.4 Å². The van der Waals surface area contributed by atoms with Gasteiger partial charge in [0, 0.05) is 43.7 Å². The first-order chi connectivity index (χ1) is 15.9. The molecule has 170 valence electrons. The zero-order valence-corrected chi connectivity index (χ0v) is 18.8. The molecular weight excluding hydrogens is 447 g/mol. The molecule has 0 fully saturated rings. The van der Waals surface area contributed by atoms with E-state index < -0.39 is 11.9 Å². The van der Waals surface area contributed by atoms with E-state index in [0.29, 0.717) is 22.8 Å². The summed E-state index contributed by atoms with van der Waals surface area (Å²) < 4.78 is 16.8. The van der Waals surface area contributed by atoms with Crippen LogP contribution in [0.15, 0.2) is 59.7 Å². The predicted molar refractivity (Wildman–Crippen MR) is 124 cm³/mol. The monoisotopic (exact) mass is 468 g/mol. The first kappa shape index (κ1) is 22.6. The lowest BCUT2D eigenvalue weighted by Gasteiger charge is -2.20. The van der Waals surface area contributed by atoms with Gasteiger partial charge in [-0.15, -0.1) is 0 Å². The van der Waals surface area contributed by atoms with Crippen molar-refractivity contribution in [3.8, 4) is 11.3 Å². The van der Waals surface area contributed by atoms with Gasteiger partial charge in [-0.05, 0) is 43.2 Å². The van der Waals surface area contributed by atoms with Crippen LogP contribution in [0.3, 0.4) is 0 Å². The number of nitrogens with one attached hydrogen (secondary N) is 1. The summed E-state index contributed by atoms with van der Waals surface area (Å²) >= 11 is 5.92. The molecule has 10 heteroatoms. The number of aryl methyl sites for hydroxylation is 2. The van der Waals surface area contributed by atoms with E-state index in [2.05, 4.69) is 20.4 Å². The quantitative estimate of drug-likeness (QED) is 0.427. The van der Waals surface area contributed by atoms with Crippen LogP contribution >= 0.6 is 11.6 Å². The molecule has 0 aliphatic rings. The summed E-state index contributed by atoms with van der Waals surface area (Å²) in [4.78, 5) is 21.7. The van der Waals surface area contributed by atoms with E-state index >= 15 is 0 Å². The Labute approximate surface area is 194 Å². The van der Waals surface area contributed by atoms with Crippen molar-refractivity contribution in [2.24, 2.45) is 7.05 Å². The summed E-state index contributed by atoms with van der Waals surface area (Å²) in [6.45, 7) is 1.74. The average Bonchev–Trinajstić information content (AvgIpc) is 3.11. The Morgan fingerprint density at radius 2 is 2.03 bits per heavy atom. The molecule has 0 saturated carbocycles. The molecule has 0 spiro atoms. The molecule has 3 heterocycles. The van der Waals surface area contributed by atoms with E-state index in [1.165, 1.54) is 22.8 Å². The summed E-state index contributed by atoms with van der Waals surface area (Å²) in [6.07, 6.45) is 3.51. The van der Waals surface area contributed by atoms with Gasteiger partial charge >= 0.3 is 0 Å². The van der Waals surface area contributed by atoms with Gasteiger partial charge in [-0.25, -0.2) is 14.4 Å². The minimum Gasteiger partial charge on any atom is -0.396 e. The maximum Gasteiger partial charge on any atom is 0.251 e. The van der Waals surface area contributed by atoms with Crippen molar-refractivity contribution in [2.75, 3.05) is 11.9 Å². The van der Waals surface area contributed by atoms with Crippen LogP contribution in [0.2, 0.25) is 5.02 Å². The van der Waals surface area contributed by atoms with Crippen molar-refractivity contribution in [3.63, 3.8) is 0 Å². The smallest absolute Gasteiger partial charge is 0.251 e. The number of rotatable bonds is 7. The van der Waals surface area contributed by atoms with Crippen molar-refractivity contribution in [1.29, 1.82) is 0 Å². The third kappa shape index (κ3) is 4.94. The molecule has 4 rings (SSSR count). The van der Waals surface area contributed by atoms with E-state index in [1.54, 1.807) is 35.3 Å². The molecule has 2 N–H and O–H groups in total. The number of nitrogens with zero attached hydrogens (tertiary/aromatic N) is 5. The molecule has 0 amide bonds. The number of benzene rings is 1. The lowest BCUT2D eigenvalue weighted by molar-refractivity contribution is 0.267. The molecule has 0 saturated heterocycles. The fraction of sp³-hybridized carbons (Fsp3) is 0.217. The third-order valence-electron chi connectivity index (χ3n) is 5.21. The van der Waals surface area contributed by atoms with E-state index in [9.17, 15) is 14.3 Å². The summed E-state index contributed by atoms with van der Waals surface area (Å²) in [6, 6.07) is 10.6. The summed E-state index contributed by atoms with van der Waals surface area (Å²) in [5, 5.41) is 16.9. The fourth-order valence-electron chi connectivity index (χ4n) is 3.64. The van der Waals surface area contributed by atoms with Gasteiger partial charge in [0.2, 0.25) is 5.95 Å². The fourth-order valence-corrected chi connectivity index (χ4v) is 3.83. The normalized spacial score (nSPS) is 12.0. The van der Waals surface area contributed by atoms with Gasteiger partial charge in [-0.3, -0.25) is 9.48 Å². The molecular formula is C23H22ClFN6O2. The van der Waals surface area contributed by atoms with Crippen LogP contribution in [0.4, 0.5) is 16.2 Å². The minimum absolute atomic E-state index is 0.0373. The average molecular weight is 469 g/mol. The molecule has 0 unspecified atom stereocenters. The van der Waals surface area contributed by atoms with Crippen molar-refractivity contribution >= 4 is 23.4 Å². The number of aromatic nitrogens is 5. The van der Waals surface area contributed by atoms with Gasteiger partial charge in [0.15, 0.2) is 0 Å². The molecule has 8 nitrogen and oxygen atoms in total. The molecule has 3 aromatic heterocycles. The second-order valence-corrected chi connectivity index (χ2v) is 7.95. The van der Waals surface area contributed by atoms with Crippen molar-refractivity contribution in [3.05, 3.63) is 87.3 Å². The number of hydrogen-bond donors (Lipinski definition) is 2. The van der Waals surface area contributed by atoms with Crippen LogP contribution in [-0.4, -0.2) is 36.0 Å². The van der Waals surface area contributed by atoms with Crippen molar-refractivity contribution < 1.29 is 9.50 Å². The standard InChI is InChI=1S/C23H22ClFN6O2/c1-14-11-21(30(2)29-14)28-23-26-8-5-19(27-23)15-6-9-31(22(33)13-15)20(7-10-32)16-3-4-18(25)17(24)12-16/h3-6,8-9,11-13,20,32H,7,10H2,1-2H3,(H,26,27,28)/t20-/m1/s1. The largest absolute Gasteiger partial charge is 0.396 e. The maximum atomic E-state index is 13.6. The van der Waals surface area contributed by atoms with Crippen molar-refractivity contribution in [1.82, 2.24) is 24.3 Å². The molecule has 0 radical (unpaired) electrons. The van der Waals surface area contributed by atoms with E-state index in [-0.39, 0.29) is 23.6 Å². The van der Waals surface area contributed by atoms with Gasteiger partial charge in [-0.2, -0.15) is 5.10 Å². The summed E-state index contributed by atoms with van der Waals surface area (Å²) in [5.41, 5.74) is 2.38. The van der Waals surface area contributed by atoms with Crippen LogP contribution < -0.4 is 10.9 Å². The Bertz CT molecular complexity index is 1350. The van der Waals surface area contributed by atoms with Gasteiger partial charge in [-0.1, -0.05) is 17.7 Å². The van der Waals surface area contributed by atoms with Gasteiger partial charge in [0.05, 0.1) is 22.5 Å². The van der Waals surface area contributed by atoms with Gasteiger partial charge < -0.3 is 15.0 Å². The second kappa shape index (κ2) is 9.51. The number of halogens is 2. The first-order valence-electron chi connectivity index (χ1n) is 10.2. The van der Waals surface area contributed by atoms with Crippen LogP contribution in [0, 0.1) is 12.7 Å². The van der Waals surface area contributed by atoms with Gasteiger partial charge in [0.25, 0.3) is 5.56 Å². The number of pyridine rings is 1. The Morgan fingerprint density at radius 1 is 1.21 bits per heavy atom. The van der Waals surface area contributed by atoms with E-state index in [4.69, 9.17) is 11.6 Å². The van der Waals surface area contributed by atoms with Crippen LogP contribution in [0.5, 0.6) is 0 Å². The molecule has 0 aliphatic carbocycles.